The number of aromatic nitrogens is 2. The lowest BCUT2D eigenvalue weighted by atomic mass is 10.1. The molecule has 2 aromatic rings. The van der Waals surface area contributed by atoms with Gasteiger partial charge in [0.1, 0.15) is 15.8 Å². The summed E-state index contributed by atoms with van der Waals surface area (Å²) in [6, 6.07) is 5.43. The highest BCUT2D eigenvalue weighted by atomic mass is 32.2. The number of amides is 1. The molecule has 2 aliphatic heterocycles. The Morgan fingerprint density at radius 1 is 1.27 bits per heavy atom. The molecule has 9 heteroatoms. The van der Waals surface area contributed by atoms with Crippen molar-refractivity contribution in [1.29, 1.82) is 0 Å². The molecule has 0 saturated carbocycles. The minimum atomic E-state index is -0.222. The maximum Gasteiger partial charge on any atom is 0.267 e. The molecule has 1 atom stereocenters. The van der Waals surface area contributed by atoms with Crippen LogP contribution in [0.15, 0.2) is 34.1 Å². The first-order valence-electron chi connectivity index (χ1n) is 11.7. The molecule has 0 aromatic carbocycles. The highest BCUT2D eigenvalue weighted by Gasteiger charge is 2.32. The number of hydrogen-bond acceptors (Lipinski definition) is 7. The number of thioether (sulfide) groups is 1. The van der Waals surface area contributed by atoms with Crippen molar-refractivity contribution in [2.45, 2.75) is 58.0 Å². The number of carbonyl (C=O) groups excluding carboxylic acids is 1. The van der Waals surface area contributed by atoms with Crippen LogP contribution in [0.3, 0.4) is 0 Å². The van der Waals surface area contributed by atoms with Crippen molar-refractivity contribution in [2.75, 3.05) is 25.0 Å². The molecule has 4 heterocycles. The van der Waals surface area contributed by atoms with E-state index in [0.29, 0.717) is 39.3 Å². The van der Waals surface area contributed by atoms with Crippen LogP contribution < -0.4 is 10.9 Å². The zero-order valence-corrected chi connectivity index (χ0v) is 20.6. The van der Waals surface area contributed by atoms with Gasteiger partial charge in [-0.2, -0.15) is 0 Å². The summed E-state index contributed by atoms with van der Waals surface area (Å²) < 4.78 is 7.75. The SMILES string of the molecule is CCCCCCCN1C(=O)/C(=C/c2c(NC[C@H]3CCCO3)nc3ccccn3c2=O)SC1=S. The Morgan fingerprint density at radius 2 is 2.12 bits per heavy atom. The largest absolute Gasteiger partial charge is 0.376 e. The van der Waals surface area contributed by atoms with Gasteiger partial charge in [-0.05, 0) is 37.5 Å². The number of unbranched alkanes of at least 4 members (excludes halogenated alkanes) is 4. The highest BCUT2D eigenvalue weighted by Crippen LogP contribution is 2.33. The summed E-state index contributed by atoms with van der Waals surface area (Å²) in [5.41, 5.74) is 0.689. The molecule has 2 saturated heterocycles. The van der Waals surface area contributed by atoms with Crippen molar-refractivity contribution in [1.82, 2.24) is 14.3 Å². The number of ether oxygens (including phenoxy) is 1. The number of nitrogens with zero attached hydrogens (tertiary/aromatic N) is 3. The number of anilines is 1. The van der Waals surface area contributed by atoms with E-state index in [-0.39, 0.29) is 17.6 Å². The second kappa shape index (κ2) is 11.3. The summed E-state index contributed by atoms with van der Waals surface area (Å²) in [5.74, 6) is 0.328. The molecule has 2 aromatic heterocycles. The van der Waals surface area contributed by atoms with Gasteiger partial charge in [-0.3, -0.25) is 18.9 Å². The first kappa shape index (κ1) is 23.9. The number of thiocarbonyl (C=S) groups is 1. The molecule has 7 nitrogen and oxygen atoms in total. The Morgan fingerprint density at radius 3 is 2.91 bits per heavy atom. The maximum absolute atomic E-state index is 13.3. The van der Waals surface area contributed by atoms with Crippen LogP contribution in [0.4, 0.5) is 5.82 Å². The van der Waals surface area contributed by atoms with Crippen LogP contribution in [0.1, 0.15) is 57.4 Å². The van der Waals surface area contributed by atoms with Gasteiger partial charge >= 0.3 is 0 Å². The molecule has 0 spiro atoms. The fourth-order valence-corrected chi connectivity index (χ4v) is 5.37. The molecular weight excluding hydrogens is 456 g/mol. The van der Waals surface area contributed by atoms with Crippen LogP contribution >= 0.6 is 24.0 Å². The molecule has 0 unspecified atom stereocenters. The summed E-state index contributed by atoms with van der Waals surface area (Å²) >= 11 is 6.73. The lowest BCUT2D eigenvalue weighted by Gasteiger charge is -2.15. The van der Waals surface area contributed by atoms with Crippen molar-refractivity contribution >= 4 is 51.7 Å². The van der Waals surface area contributed by atoms with Crippen LogP contribution in [0, 0.1) is 0 Å². The van der Waals surface area contributed by atoms with Crippen molar-refractivity contribution in [3.8, 4) is 0 Å². The van der Waals surface area contributed by atoms with Crippen molar-refractivity contribution in [3.05, 3.63) is 45.2 Å². The molecule has 2 fully saturated rings. The summed E-state index contributed by atoms with van der Waals surface area (Å²) in [6.07, 6.45) is 11.0. The van der Waals surface area contributed by atoms with E-state index in [1.807, 2.05) is 6.07 Å². The zero-order chi connectivity index (χ0) is 23.2. The number of hydrogen-bond donors (Lipinski definition) is 1. The molecule has 0 aliphatic carbocycles. The fourth-order valence-electron chi connectivity index (χ4n) is 4.08. The average molecular weight is 487 g/mol. The number of rotatable bonds is 10. The van der Waals surface area contributed by atoms with Crippen LogP contribution in [0.2, 0.25) is 0 Å². The molecule has 0 radical (unpaired) electrons. The second-order valence-corrected chi connectivity index (χ2v) is 10.0. The Kier molecular flexibility index (Phi) is 8.16. The Hall–Kier alpha value is -2.23. The van der Waals surface area contributed by atoms with Gasteiger partial charge in [-0.15, -0.1) is 0 Å². The van der Waals surface area contributed by atoms with E-state index in [4.69, 9.17) is 17.0 Å². The van der Waals surface area contributed by atoms with E-state index in [1.165, 1.54) is 35.4 Å². The number of fused-ring (bicyclic) bond motifs is 1. The average Bonchev–Trinajstić information content (AvgIpc) is 3.43. The number of pyridine rings is 1. The third kappa shape index (κ3) is 5.65. The zero-order valence-electron chi connectivity index (χ0n) is 18.9. The summed E-state index contributed by atoms with van der Waals surface area (Å²) in [6.45, 7) is 4.12. The van der Waals surface area contributed by atoms with E-state index >= 15 is 0 Å². The lowest BCUT2D eigenvalue weighted by molar-refractivity contribution is -0.122. The monoisotopic (exact) mass is 486 g/mol. The van der Waals surface area contributed by atoms with Crippen LogP contribution in [-0.2, 0) is 9.53 Å². The van der Waals surface area contributed by atoms with Crippen LogP contribution in [0.5, 0.6) is 0 Å². The summed E-state index contributed by atoms with van der Waals surface area (Å²) in [7, 11) is 0. The molecule has 33 heavy (non-hydrogen) atoms. The first-order valence-corrected chi connectivity index (χ1v) is 12.9. The van der Waals surface area contributed by atoms with Gasteiger partial charge < -0.3 is 10.1 Å². The van der Waals surface area contributed by atoms with E-state index in [0.717, 1.165) is 32.3 Å². The third-order valence-corrected chi connectivity index (χ3v) is 7.30. The minimum Gasteiger partial charge on any atom is -0.376 e. The van der Waals surface area contributed by atoms with E-state index in [2.05, 4.69) is 17.2 Å². The Balaban J connectivity index is 1.58. The molecule has 0 bridgehead atoms. The molecule has 4 rings (SSSR count). The number of carbonyl (C=O) groups is 1. The second-order valence-electron chi connectivity index (χ2n) is 8.37. The molecule has 1 amide bonds. The minimum absolute atomic E-state index is 0.0970. The molecule has 176 valence electrons. The van der Waals surface area contributed by atoms with Crippen molar-refractivity contribution < 1.29 is 9.53 Å². The predicted octanol–water partition coefficient (Wildman–Crippen LogP) is 4.46. The Bertz CT molecular complexity index is 1110. The lowest BCUT2D eigenvalue weighted by Crippen LogP contribution is -2.29. The maximum atomic E-state index is 13.3. The van der Waals surface area contributed by atoms with E-state index < -0.39 is 0 Å². The third-order valence-electron chi connectivity index (χ3n) is 5.92. The van der Waals surface area contributed by atoms with Crippen molar-refractivity contribution in [2.24, 2.45) is 0 Å². The Labute approximate surface area is 203 Å². The predicted molar refractivity (Wildman–Crippen MR) is 138 cm³/mol. The smallest absolute Gasteiger partial charge is 0.267 e. The van der Waals surface area contributed by atoms with E-state index in [9.17, 15) is 9.59 Å². The van der Waals surface area contributed by atoms with Crippen LogP contribution in [-0.4, -0.2) is 50.3 Å². The quantitative estimate of drug-likeness (QED) is 0.302. The van der Waals surface area contributed by atoms with Gasteiger partial charge in [0.2, 0.25) is 0 Å². The van der Waals surface area contributed by atoms with Gasteiger partial charge in [0, 0.05) is 25.9 Å². The van der Waals surface area contributed by atoms with Crippen molar-refractivity contribution in [3.63, 3.8) is 0 Å². The first-order chi connectivity index (χ1) is 16.1. The van der Waals surface area contributed by atoms with Gasteiger partial charge in [0.05, 0.1) is 16.6 Å². The molecular formula is C24H30N4O3S2. The van der Waals surface area contributed by atoms with Gasteiger partial charge in [0.25, 0.3) is 11.5 Å². The summed E-state index contributed by atoms with van der Waals surface area (Å²) in [4.78, 5) is 33.2. The fraction of sp³-hybridized carbons (Fsp3) is 0.500. The topological polar surface area (TPSA) is 75.9 Å². The van der Waals surface area contributed by atoms with Gasteiger partial charge in [0.15, 0.2) is 0 Å². The normalized spacial score (nSPS) is 19.8. The molecule has 2 aliphatic rings. The van der Waals surface area contributed by atoms with Gasteiger partial charge in [-0.25, -0.2) is 4.98 Å². The summed E-state index contributed by atoms with van der Waals surface area (Å²) in [5, 5.41) is 3.29. The standard InChI is InChI=1S/C24H30N4O3S2/c1-2-3-4-5-7-13-28-23(30)19(33-24(28)32)15-18-21(25-16-17-10-9-14-31-17)26-20-11-6-8-12-27(20)22(18)29/h6,8,11-12,15,17,25H,2-5,7,9-10,13-14,16H2,1H3/b19-15-/t17-/m1/s1. The van der Waals surface area contributed by atoms with E-state index in [1.54, 1.807) is 29.3 Å². The van der Waals surface area contributed by atoms with Crippen LogP contribution in [0.25, 0.3) is 11.7 Å². The molecule has 1 N–H and O–H groups in total. The highest BCUT2D eigenvalue weighted by molar-refractivity contribution is 8.26. The number of nitrogens with one attached hydrogen (secondary N) is 1. The van der Waals surface area contributed by atoms with Gasteiger partial charge in [-0.1, -0.05) is 62.7 Å².